The maximum Gasteiger partial charge on any atom is 0.255 e. The number of ether oxygens (including phenoxy) is 1. The van der Waals surface area contributed by atoms with Gasteiger partial charge in [-0.05, 0) is 84.2 Å². The zero-order valence-electron chi connectivity index (χ0n) is 25.0. The maximum absolute atomic E-state index is 13.9. The molecule has 4 aliphatic rings. The number of benzene rings is 1. The average Bonchev–Trinajstić information content (AvgIpc) is 3.58. The fraction of sp³-hybridized carbons (Fsp3) is 0.676. The van der Waals surface area contributed by atoms with Crippen LogP contribution in [0, 0.1) is 12.8 Å². The van der Waals surface area contributed by atoms with Gasteiger partial charge in [-0.25, -0.2) is 0 Å². The SMILES string of the molecule is Cc1c(C(=O)N2CC(N3CCOCC3)C2)cc(-c2cc(C(C)(C)C)cc(C3(C)CC3)c2)n1CC1CCCCC1. The van der Waals surface area contributed by atoms with Gasteiger partial charge in [-0.15, -0.1) is 0 Å². The van der Waals surface area contributed by atoms with E-state index in [0.717, 1.165) is 57.2 Å². The van der Waals surface area contributed by atoms with Crippen LogP contribution in [0.25, 0.3) is 11.3 Å². The topological polar surface area (TPSA) is 37.7 Å². The monoisotopic (exact) mass is 531 g/mol. The van der Waals surface area contributed by atoms with Gasteiger partial charge in [0.25, 0.3) is 5.91 Å². The minimum Gasteiger partial charge on any atom is -0.379 e. The summed E-state index contributed by atoms with van der Waals surface area (Å²) in [5, 5.41) is 0. The van der Waals surface area contributed by atoms with Crippen molar-refractivity contribution in [2.75, 3.05) is 39.4 Å². The van der Waals surface area contributed by atoms with Gasteiger partial charge in [-0.3, -0.25) is 9.69 Å². The van der Waals surface area contributed by atoms with Crippen molar-refractivity contribution in [3.05, 3.63) is 46.6 Å². The molecule has 0 spiro atoms. The van der Waals surface area contributed by atoms with Gasteiger partial charge in [0.05, 0.1) is 18.8 Å². The summed E-state index contributed by atoms with van der Waals surface area (Å²) in [7, 11) is 0. The number of amides is 1. The van der Waals surface area contributed by atoms with Crippen LogP contribution in [0.1, 0.15) is 99.8 Å². The summed E-state index contributed by atoms with van der Waals surface area (Å²) >= 11 is 0. The molecule has 2 saturated carbocycles. The van der Waals surface area contributed by atoms with Crippen molar-refractivity contribution in [3.63, 3.8) is 0 Å². The second kappa shape index (κ2) is 10.4. The Labute approximate surface area is 235 Å². The van der Waals surface area contributed by atoms with Crippen LogP contribution in [0.2, 0.25) is 0 Å². The van der Waals surface area contributed by atoms with Crippen molar-refractivity contribution in [3.8, 4) is 11.3 Å². The first-order valence-electron chi connectivity index (χ1n) is 15.6. The van der Waals surface area contributed by atoms with Crippen LogP contribution in [0.4, 0.5) is 0 Å². The number of rotatable bonds is 6. The second-order valence-electron chi connectivity index (χ2n) is 14.3. The molecule has 0 N–H and O–H groups in total. The Morgan fingerprint density at radius 2 is 1.69 bits per heavy atom. The zero-order chi connectivity index (χ0) is 27.4. The molecule has 1 amide bonds. The van der Waals surface area contributed by atoms with Gasteiger partial charge >= 0.3 is 0 Å². The van der Waals surface area contributed by atoms with Crippen molar-refractivity contribution >= 4 is 5.91 Å². The summed E-state index contributed by atoms with van der Waals surface area (Å²) < 4.78 is 8.05. The van der Waals surface area contributed by atoms with E-state index in [1.807, 2.05) is 0 Å². The summed E-state index contributed by atoms with van der Waals surface area (Å²) in [6.45, 7) is 17.9. The molecule has 1 aromatic carbocycles. The Kier molecular flexibility index (Phi) is 7.20. The molecular weight excluding hydrogens is 482 g/mol. The highest BCUT2D eigenvalue weighted by molar-refractivity contribution is 5.97. The van der Waals surface area contributed by atoms with Gasteiger partial charge in [-0.2, -0.15) is 0 Å². The highest BCUT2D eigenvalue weighted by Gasteiger charge is 2.40. The summed E-state index contributed by atoms with van der Waals surface area (Å²) in [5.41, 5.74) is 7.83. The Hall–Kier alpha value is -2.11. The summed E-state index contributed by atoms with van der Waals surface area (Å²) in [5.74, 6) is 0.912. The lowest BCUT2D eigenvalue weighted by Crippen LogP contribution is -2.62. The minimum atomic E-state index is 0.0800. The summed E-state index contributed by atoms with van der Waals surface area (Å²) in [6, 6.07) is 10.0. The van der Waals surface area contributed by atoms with E-state index in [-0.39, 0.29) is 11.3 Å². The van der Waals surface area contributed by atoms with Crippen LogP contribution < -0.4 is 0 Å². The molecule has 2 aromatic rings. The van der Waals surface area contributed by atoms with E-state index < -0.39 is 0 Å². The van der Waals surface area contributed by atoms with Crippen LogP contribution in [0.5, 0.6) is 0 Å². The normalized spacial score (nSPS) is 22.6. The highest BCUT2D eigenvalue weighted by atomic mass is 16.5. The number of nitrogens with zero attached hydrogens (tertiary/aromatic N) is 3. The van der Waals surface area contributed by atoms with Crippen molar-refractivity contribution in [2.24, 2.45) is 5.92 Å². The van der Waals surface area contributed by atoms with Gasteiger partial charge in [-0.1, -0.05) is 53.0 Å². The molecule has 39 heavy (non-hydrogen) atoms. The number of likely N-dealkylation sites (tertiary alicyclic amines) is 1. The number of carbonyl (C=O) groups excluding carboxylic acids is 1. The van der Waals surface area contributed by atoms with Crippen LogP contribution in [-0.2, 0) is 22.1 Å². The highest BCUT2D eigenvalue weighted by Crippen LogP contribution is 2.49. The first-order chi connectivity index (χ1) is 18.6. The van der Waals surface area contributed by atoms with E-state index in [1.165, 1.54) is 67.3 Å². The van der Waals surface area contributed by atoms with Crippen LogP contribution in [-0.4, -0.2) is 65.7 Å². The third-order valence-electron chi connectivity index (χ3n) is 10.3. The van der Waals surface area contributed by atoms with Gasteiger partial charge in [0.2, 0.25) is 0 Å². The largest absolute Gasteiger partial charge is 0.379 e. The Morgan fingerprint density at radius 1 is 1.00 bits per heavy atom. The lowest BCUT2D eigenvalue weighted by atomic mass is 9.82. The van der Waals surface area contributed by atoms with Crippen LogP contribution in [0.3, 0.4) is 0 Å². The zero-order valence-corrected chi connectivity index (χ0v) is 25.0. The molecule has 2 saturated heterocycles. The average molecular weight is 532 g/mol. The molecule has 0 unspecified atom stereocenters. The van der Waals surface area contributed by atoms with E-state index >= 15 is 0 Å². The number of carbonyl (C=O) groups is 1. The van der Waals surface area contributed by atoms with Crippen LogP contribution >= 0.6 is 0 Å². The molecule has 5 nitrogen and oxygen atoms in total. The van der Waals surface area contributed by atoms with Gasteiger partial charge in [0, 0.05) is 50.2 Å². The van der Waals surface area contributed by atoms with E-state index in [9.17, 15) is 4.79 Å². The maximum atomic E-state index is 13.9. The van der Waals surface area contributed by atoms with Gasteiger partial charge in [0.1, 0.15) is 0 Å². The van der Waals surface area contributed by atoms with Crippen LogP contribution in [0.15, 0.2) is 24.3 Å². The van der Waals surface area contributed by atoms with E-state index in [2.05, 4.69) is 73.3 Å². The molecule has 0 atom stereocenters. The van der Waals surface area contributed by atoms with Gasteiger partial charge < -0.3 is 14.2 Å². The summed E-state index contributed by atoms with van der Waals surface area (Å²) in [4.78, 5) is 18.5. The fourth-order valence-electron chi connectivity index (χ4n) is 6.96. The lowest BCUT2D eigenvalue weighted by Gasteiger charge is -2.46. The first kappa shape index (κ1) is 27.1. The predicted octanol–water partition coefficient (Wildman–Crippen LogP) is 6.55. The number of aromatic nitrogens is 1. The quantitative estimate of drug-likeness (QED) is 0.424. The molecular formula is C34H49N3O2. The Balaban J connectivity index is 1.34. The number of hydrogen-bond donors (Lipinski definition) is 0. The molecule has 1 aromatic heterocycles. The third-order valence-corrected chi connectivity index (χ3v) is 10.3. The first-order valence-corrected chi connectivity index (χ1v) is 15.6. The van der Waals surface area contributed by atoms with E-state index in [1.54, 1.807) is 0 Å². The minimum absolute atomic E-state index is 0.0800. The fourth-order valence-corrected chi connectivity index (χ4v) is 6.96. The van der Waals surface area contributed by atoms with Crippen molar-refractivity contribution < 1.29 is 9.53 Å². The molecule has 5 heteroatoms. The molecule has 2 aliphatic heterocycles. The van der Waals surface area contributed by atoms with Crippen molar-refractivity contribution in [2.45, 2.75) is 103 Å². The third kappa shape index (κ3) is 5.46. The lowest BCUT2D eigenvalue weighted by molar-refractivity contribution is -0.0256. The predicted molar refractivity (Wildman–Crippen MR) is 159 cm³/mol. The Morgan fingerprint density at radius 3 is 2.33 bits per heavy atom. The molecule has 6 rings (SSSR count). The standard InChI is InChI=1S/C34H49N3O2/c1-24-30(32(38)36-22-29(23-36)35-13-15-39-16-14-35)20-31(37(24)21-25-9-7-6-8-10-25)26-17-27(33(2,3)4)19-28(18-26)34(5)11-12-34/h17-20,25,29H,6-16,21-23H2,1-5H3. The van der Waals surface area contributed by atoms with Crippen molar-refractivity contribution in [1.82, 2.24) is 14.4 Å². The number of morpholine rings is 1. The van der Waals surface area contributed by atoms with E-state index in [0.29, 0.717) is 17.4 Å². The van der Waals surface area contributed by atoms with Crippen molar-refractivity contribution in [1.29, 1.82) is 0 Å². The Bertz CT molecular complexity index is 1180. The van der Waals surface area contributed by atoms with E-state index in [4.69, 9.17) is 4.74 Å². The summed E-state index contributed by atoms with van der Waals surface area (Å²) in [6.07, 6.45) is 9.19. The van der Waals surface area contributed by atoms with Gasteiger partial charge in [0.15, 0.2) is 0 Å². The molecule has 4 fully saturated rings. The molecule has 212 valence electrons. The molecule has 0 radical (unpaired) electrons. The molecule has 3 heterocycles. The molecule has 0 bridgehead atoms. The second-order valence-corrected chi connectivity index (χ2v) is 14.3. The molecule has 2 aliphatic carbocycles. The number of hydrogen-bond acceptors (Lipinski definition) is 3. The smallest absolute Gasteiger partial charge is 0.255 e.